The van der Waals surface area contributed by atoms with Gasteiger partial charge in [-0.3, -0.25) is 5.10 Å². The Morgan fingerprint density at radius 3 is 2.68 bits per heavy atom. The van der Waals surface area contributed by atoms with E-state index in [1.54, 1.807) is 0 Å². The molecular weight excluding hydrogens is 358 g/mol. The molecule has 2 aromatic heterocycles. The monoisotopic (exact) mass is 366 g/mol. The average Bonchev–Trinajstić information content (AvgIpc) is 3.08. The molecule has 22 heavy (non-hydrogen) atoms. The summed E-state index contributed by atoms with van der Waals surface area (Å²) in [5.41, 5.74) is 5.55. The van der Waals surface area contributed by atoms with Gasteiger partial charge in [-0.25, -0.2) is 10.4 Å². The Kier molecular flexibility index (Phi) is 9.10. The van der Waals surface area contributed by atoms with E-state index in [0.29, 0.717) is 5.95 Å². The molecule has 0 amide bonds. The fourth-order valence-electron chi connectivity index (χ4n) is 1.34. The maximum absolute atomic E-state index is 7.13. The predicted octanol–water partition coefficient (Wildman–Crippen LogP) is 2.22. The molecule has 0 fully saturated rings. The largest absolute Gasteiger partial charge is 2.00 e. The molecular formula is C10H9CuN9OS. The first-order chi connectivity index (χ1) is 9.83. The first-order valence-corrected chi connectivity index (χ1v) is 5.68. The van der Waals surface area contributed by atoms with Crippen LogP contribution in [0, 0.1) is 0 Å². The van der Waals surface area contributed by atoms with E-state index < -0.39 is 0 Å². The molecule has 117 valence electrons. The summed E-state index contributed by atoms with van der Waals surface area (Å²) in [6.07, 6.45) is 1.41. The Morgan fingerprint density at radius 1 is 1.32 bits per heavy atom. The number of imidazole rings is 1. The molecule has 0 aliphatic rings. The third-order valence-electron chi connectivity index (χ3n) is 2.05. The van der Waals surface area contributed by atoms with Crippen LogP contribution in [0.2, 0.25) is 0 Å². The van der Waals surface area contributed by atoms with Crippen molar-refractivity contribution in [2.24, 2.45) is 10.3 Å². The Bertz CT molecular complexity index is 703. The van der Waals surface area contributed by atoms with Gasteiger partial charge in [-0.15, -0.1) is 5.10 Å². The third-order valence-corrected chi connectivity index (χ3v) is 2.05. The van der Waals surface area contributed by atoms with Crippen LogP contribution in [0.4, 0.5) is 11.9 Å². The molecule has 4 N–H and O–H groups in total. The first-order valence-electron chi connectivity index (χ1n) is 5.27. The van der Waals surface area contributed by atoms with Crippen molar-refractivity contribution in [1.29, 1.82) is 0 Å². The number of hydrogen-bond donors (Lipinski definition) is 2. The van der Waals surface area contributed by atoms with E-state index in [0.717, 1.165) is 11.0 Å². The number of H-pyrrole nitrogens is 2. The van der Waals surface area contributed by atoms with Crippen molar-refractivity contribution >= 4 is 40.3 Å². The molecule has 12 heteroatoms. The van der Waals surface area contributed by atoms with Crippen molar-refractivity contribution < 1.29 is 22.5 Å². The van der Waals surface area contributed by atoms with E-state index in [1.807, 2.05) is 24.3 Å². The van der Waals surface area contributed by atoms with Crippen LogP contribution in [0.15, 0.2) is 40.9 Å². The second-order valence-electron chi connectivity index (χ2n) is 3.26. The third kappa shape index (κ3) is 5.48. The number of rotatable bonds is 3. The van der Waals surface area contributed by atoms with Gasteiger partial charge in [0.1, 0.15) is 6.33 Å². The Hall–Kier alpha value is -2.49. The van der Waals surface area contributed by atoms with Crippen LogP contribution in [0.25, 0.3) is 21.9 Å². The van der Waals surface area contributed by atoms with Crippen LogP contribution in [0.1, 0.15) is 0 Å². The van der Waals surface area contributed by atoms with Gasteiger partial charge in [0.25, 0.3) is 0 Å². The number of para-hydroxylation sites is 2. The Morgan fingerprint density at radius 2 is 2.05 bits per heavy atom. The summed E-state index contributed by atoms with van der Waals surface area (Å²) in [7, 11) is 0. The summed E-state index contributed by atoms with van der Waals surface area (Å²) < 4.78 is 0. The molecule has 10 nitrogen and oxygen atoms in total. The van der Waals surface area contributed by atoms with E-state index in [1.165, 1.54) is 11.5 Å². The van der Waals surface area contributed by atoms with Gasteiger partial charge in [0.05, 0.1) is 5.95 Å². The summed E-state index contributed by atoms with van der Waals surface area (Å²) in [6.45, 7) is 0. The minimum Gasteiger partial charge on any atom is -0.753 e. The fraction of sp³-hybridized carbons (Fsp3) is 0. The Balaban J connectivity index is 0.000000820. The van der Waals surface area contributed by atoms with Gasteiger partial charge >= 0.3 is 17.1 Å². The molecule has 0 aliphatic heterocycles. The molecule has 0 unspecified atom stereocenters. The molecule has 0 aliphatic carbocycles. The zero-order valence-corrected chi connectivity index (χ0v) is 12.5. The first kappa shape index (κ1) is 19.5. The molecule has 1 radical (unpaired) electrons. The maximum atomic E-state index is 7.13. The fourth-order valence-corrected chi connectivity index (χ4v) is 1.34. The number of thiocarbonyl (C=S) groups is 1. The van der Waals surface area contributed by atoms with Gasteiger partial charge in [-0.1, -0.05) is 24.4 Å². The van der Waals surface area contributed by atoms with E-state index in [9.17, 15) is 0 Å². The molecule has 0 bridgehead atoms. The van der Waals surface area contributed by atoms with Crippen LogP contribution < -0.4 is 0 Å². The van der Waals surface area contributed by atoms with Crippen LogP contribution in [-0.4, -0.2) is 35.8 Å². The van der Waals surface area contributed by atoms with Crippen molar-refractivity contribution in [1.82, 2.24) is 25.1 Å². The average molecular weight is 367 g/mol. The standard InChI is InChI=1S/C9H7N8.CNS.Cu.H2O/c1-2-4-7-6(3-1)12-9(13-7)16-17-15-8-10-5-11-14-8;2-1-3;;/h1-5H,(H2-,10,11,12,13,14,15,16);;;1H2/q2*-1;+2;. The summed E-state index contributed by atoms with van der Waals surface area (Å²) in [5.74, 6) is 0.621. The number of aromatic nitrogens is 5. The van der Waals surface area contributed by atoms with Gasteiger partial charge in [0, 0.05) is 11.0 Å². The molecule has 0 saturated heterocycles. The van der Waals surface area contributed by atoms with Crippen molar-refractivity contribution in [2.45, 2.75) is 0 Å². The van der Waals surface area contributed by atoms with Crippen molar-refractivity contribution in [3.63, 3.8) is 0 Å². The van der Waals surface area contributed by atoms with Gasteiger partial charge in [-0.05, 0) is 12.1 Å². The molecule has 1 aromatic carbocycles. The van der Waals surface area contributed by atoms with Gasteiger partial charge < -0.3 is 20.9 Å². The molecule has 3 rings (SSSR count). The Labute approximate surface area is 140 Å². The number of fused-ring (bicyclic) bond motifs is 1. The predicted molar refractivity (Wildman–Crippen MR) is 79.6 cm³/mol. The molecule has 0 saturated carbocycles. The second kappa shape index (κ2) is 10.3. The van der Waals surface area contributed by atoms with Gasteiger partial charge in [0.15, 0.2) is 0 Å². The van der Waals surface area contributed by atoms with E-state index in [4.69, 9.17) is 5.41 Å². The van der Waals surface area contributed by atoms with E-state index in [2.05, 4.69) is 53.1 Å². The minimum atomic E-state index is 0. The summed E-state index contributed by atoms with van der Waals surface area (Å²) >= 11 is 3.70. The number of aromatic amines is 2. The normalized spacial score (nSPS) is 9.09. The number of benzene rings is 1. The molecule has 0 atom stereocenters. The minimum absolute atomic E-state index is 0. The van der Waals surface area contributed by atoms with Crippen LogP contribution >= 0.6 is 12.2 Å². The van der Waals surface area contributed by atoms with Gasteiger partial charge in [0.2, 0.25) is 5.95 Å². The van der Waals surface area contributed by atoms with Crippen LogP contribution in [0.3, 0.4) is 0 Å². The smallest absolute Gasteiger partial charge is 0.753 e. The molecule has 0 spiro atoms. The van der Waals surface area contributed by atoms with Crippen molar-refractivity contribution in [2.75, 3.05) is 0 Å². The topological polar surface area (TPSA) is 163 Å². The number of nitrogens with zero attached hydrogens (tertiary/aromatic N) is 7. The van der Waals surface area contributed by atoms with E-state index in [-0.39, 0.29) is 28.5 Å². The number of hydrogen-bond acceptors (Lipinski definition) is 6. The number of isothiocyanates is 1. The second-order valence-corrected chi connectivity index (χ2v) is 3.44. The SMILES string of the molecule is O.[Cu+2].[N-]=C=S.c1ccc2[nH]c([N-]/N=N/c3nc[nH]n3)nc2c1. The van der Waals surface area contributed by atoms with Crippen LogP contribution in [0.5, 0.6) is 0 Å². The summed E-state index contributed by atoms with van der Waals surface area (Å²) in [5, 5.41) is 22.0. The summed E-state index contributed by atoms with van der Waals surface area (Å²) in [6, 6.07) is 7.62. The van der Waals surface area contributed by atoms with E-state index >= 15 is 0 Å². The zero-order chi connectivity index (χ0) is 14.2. The summed E-state index contributed by atoms with van der Waals surface area (Å²) in [4.78, 5) is 11.0. The van der Waals surface area contributed by atoms with Gasteiger partial charge in [-0.2, -0.15) is 15.5 Å². The molecule has 3 aromatic rings. The zero-order valence-electron chi connectivity index (χ0n) is 10.7. The van der Waals surface area contributed by atoms with Crippen molar-refractivity contribution in [3.05, 3.63) is 41.4 Å². The molecule has 2 heterocycles. The number of nitrogens with one attached hydrogen (secondary N) is 2. The van der Waals surface area contributed by atoms with Crippen molar-refractivity contribution in [3.8, 4) is 0 Å². The quantitative estimate of drug-likeness (QED) is 0.239. The maximum Gasteiger partial charge on any atom is 2.00 e. The van der Waals surface area contributed by atoms with Crippen LogP contribution in [-0.2, 0) is 17.1 Å².